The van der Waals surface area contributed by atoms with Crippen molar-refractivity contribution in [2.45, 2.75) is 64.1 Å². The van der Waals surface area contributed by atoms with Crippen molar-refractivity contribution in [3.8, 4) is 28.4 Å². The molecule has 0 saturated carbocycles. The lowest BCUT2D eigenvalue weighted by Gasteiger charge is -2.24. The number of ether oxygens (including phenoxy) is 4. The van der Waals surface area contributed by atoms with Crippen LogP contribution in [0, 0.1) is 25.5 Å². The van der Waals surface area contributed by atoms with Crippen LogP contribution in [-0.2, 0) is 25.8 Å². The SMILES string of the molecule is COC(=O)C[C@@H]1COc2cc(OC3CCc4c(-c5c(C)cc(OC6CCS(=O)(=O)CC6)cc5C)c(F)cc(F)c43)ccc21. The van der Waals surface area contributed by atoms with Gasteiger partial charge in [0.1, 0.15) is 41.1 Å². The minimum atomic E-state index is -3.00. The third-order valence-corrected chi connectivity index (χ3v) is 10.4. The summed E-state index contributed by atoms with van der Waals surface area (Å²) in [4.78, 5) is 11.7. The maximum Gasteiger partial charge on any atom is 0.306 e. The van der Waals surface area contributed by atoms with E-state index >= 15 is 8.78 Å². The van der Waals surface area contributed by atoms with E-state index in [2.05, 4.69) is 0 Å². The van der Waals surface area contributed by atoms with Gasteiger partial charge in [-0.05, 0) is 80.0 Å². The number of methoxy groups -OCH3 is 1. The summed E-state index contributed by atoms with van der Waals surface area (Å²) in [6.07, 6.45) is 1.22. The average molecular weight is 613 g/mol. The molecule has 7 nitrogen and oxygen atoms in total. The second-order valence-electron chi connectivity index (χ2n) is 11.6. The Hall–Kier alpha value is -3.66. The second-order valence-corrected chi connectivity index (χ2v) is 13.9. The molecule has 0 amide bonds. The largest absolute Gasteiger partial charge is 0.492 e. The molecule has 3 aliphatic rings. The minimum Gasteiger partial charge on any atom is -0.492 e. The Bertz CT molecular complexity index is 1660. The van der Waals surface area contributed by atoms with Crippen LogP contribution >= 0.6 is 0 Å². The molecule has 3 aromatic carbocycles. The fourth-order valence-electron chi connectivity index (χ4n) is 6.61. The van der Waals surface area contributed by atoms with Crippen LogP contribution in [0.25, 0.3) is 11.1 Å². The van der Waals surface area contributed by atoms with Gasteiger partial charge in [0.25, 0.3) is 0 Å². The Labute approximate surface area is 250 Å². The molecule has 2 atom stereocenters. The van der Waals surface area contributed by atoms with Gasteiger partial charge in [-0.15, -0.1) is 0 Å². The number of carbonyl (C=O) groups is 1. The number of fused-ring (bicyclic) bond motifs is 2. The maximum atomic E-state index is 15.5. The quantitative estimate of drug-likeness (QED) is 0.289. The maximum absolute atomic E-state index is 15.5. The molecular formula is C33H34F2O7S. The molecule has 3 aromatic rings. The molecule has 0 aromatic heterocycles. The van der Waals surface area contributed by atoms with Crippen LogP contribution in [0.3, 0.4) is 0 Å². The number of aryl methyl sites for hydroxylation is 2. The smallest absolute Gasteiger partial charge is 0.306 e. The third-order valence-electron chi connectivity index (χ3n) is 8.70. The summed E-state index contributed by atoms with van der Waals surface area (Å²) in [5.74, 6) is 0.269. The van der Waals surface area contributed by atoms with Crippen molar-refractivity contribution >= 4 is 15.8 Å². The lowest BCUT2D eigenvalue weighted by atomic mass is 9.89. The molecule has 10 heteroatoms. The first-order valence-corrected chi connectivity index (χ1v) is 16.3. The van der Waals surface area contributed by atoms with Gasteiger partial charge in [-0.3, -0.25) is 4.79 Å². The van der Waals surface area contributed by atoms with Crippen molar-refractivity contribution in [2.75, 3.05) is 25.2 Å². The molecule has 0 bridgehead atoms. The fourth-order valence-corrected chi connectivity index (χ4v) is 8.06. The van der Waals surface area contributed by atoms with Crippen LogP contribution in [0.15, 0.2) is 36.4 Å². The van der Waals surface area contributed by atoms with Gasteiger partial charge >= 0.3 is 5.97 Å². The van der Waals surface area contributed by atoms with E-state index in [-0.39, 0.29) is 35.9 Å². The molecule has 6 rings (SSSR count). The van der Waals surface area contributed by atoms with Gasteiger partial charge in [-0.25, -0.2) is 17.2 Å². The molecule has 228 valence electrons. The second kappa shape index (κ2) is 11.4. The van der Waals surface area contributed by atoms with Crippen LogP contribution in [0.4, 0.5) is 8.78 Å². The van der Waals surface area contributed by atoms with Gasteiger partial charge in [0.2, 0.25) is 0 Å². The zero-order valence-corrected chi connectivity index (χ0v) is 25.2. The molecule has 2 aliphatic heterocycles. The molecule has 0 N–H and O–H groups in total. The van der Waals surface area contributed by atoms with Crippen molar-refractivity contribution in [1.29, 1.82) is 0 Å². The molecule has 1 fully saturated rings. The summed E-state index contributed by atoms with van der Waals surface area (Å²) in [6, 6.07) is 10.00. The van der Waals surface area contributed by atoms with E-state index in [1.807, 2.05) is 32.0 Å². The minimum absolute atomic E-state index is 0.103. The monoisotopic (exact) mass is 612 g/mol. The van der Waals surface area contributed by atoms with Gasteiger partial charge in [0.05, 0.1) is 31.6 Å². The van der Waals surface area contributed by atoms with E-state index in [1.165, 1.54) is 7.11 Å². The molecule has 0 radical (unpaired) electrons. The first-order valence-electron chi connectivity index (χ1n) is 14.5. The van der Waals surface area contributed by atoms with Crippen molar-refractivity contribution in [3.63, 3.8) is 0 Å². The Morgan fingerprint density at radius 2 is 1.65 bits per heavy atom. The molecule has 1 saturated heterocycles. The topological polar surface area (TPSA) is 88.1 Å². The van der Waals surface area contributed by atoms with Crippen molar-refractivity contribution in [1.82, 2.24) is 0 Å². The standard InChI is InChI=1S/C33H34F2O7S/c1-18-12-23(41-21-8-10-43(37,38)11-9-21)13-19(2)31(18)33-25-6-7-28(32(25)26(34)16-27(33)35)42-22-4-5-24-20(14-30(36)39-3)17-40-29(24)15-22/h4-5,12-13,15-16,20-21,28H,6-11,14,17H2,1-3H3/t20-,28?/m1/s1. The molecule has 43 heavy (non-hydrogen) atoms. The van der Waals surface area contributed by atoms with Crippen LogP contribution < -0.4 is 14.2 Å². The molecule has 1 unspecified atom stereocenters. The summed E-state index contributed by atoms with van der Waals surface area (Å²) >= 11 is 0. The summed E-state index contributed by atoms with van der Waals surface area (Å²) in [5, 5.41) is 0. The zero-order valence-electron chi connectivity index (χ0n) is 24.4. The van der Waals surface area contributed by atoms with E-state index in [1.54, 1.807) is 12.1 Å². The van der Waals surface area contributed by atoms with Gasteiger partial charge in [-0.1, -0.05) is 6.07 Å². The predicted molar refractivity (Wildman–Crippen MR) is 157 cm³/mol. The molecular weight excluding hydrogens is 578 g/mol. The highest BCUT2D eigenvalue weighted by atomic mass is 32.2. The van der Waals surface area contributed by atoms with Gasteiger partial charge < -0.3 is 18.9 Å². The number of hydrogen-bond donors (Lipinski definition) is 0. The number of hydrogen-bond acceptors (Lipinski definition) is 7. The van der Waals surface area contributed by atoms with E-state index in [9.17, 15) is 13.2 Å². The number of sulfone groups is 1. The summed E-state index contributed by atoms with van der Waals surface area (Å²) in [5.41, 5.74) is 4.47. The summed E-state index contributed by atoms with van der Waals surface area (Å²) in [6.45, 7) is 4.11. The first kappa shape index (κ1) is 29.4. The summed E-state index contributed by atoms with van der Waals surface area (Å²) in [7, 11) is -1.65. The lowest BCUT2D eigenvalue weighted by Crippen LogP contribution is -2.30. The van der Waals surface area contributed by atoms with E-state index in [4.69, 9.17) is 18.9 Å². The molecule has 1 aliphatic carbocycles. The zero-order chi connectivity index (χ0) is 30.5. The van der Waals surface area contributed by atoms with Crippen molar-refractivity contribution in [3.05, 3.63) is 75.8 Å². The van der Waals surface area contributed by atoms with Gasteiger partial charge in [0.15, 0.2) is 9.84 Å². The Balaban J connectivity index is 1.25. The highest BCUT2D eigenvalue weighted by Gasteiger charge is 2.34. The number of esters is 1. The predicted octanol–water partition coefficient (Wildman–Crippen LogP) is 6.31. The lowest BCUT2D eigenvalue weighted by molar-refractivity contribution is -0.141. The van der Waals surface area contributed by atoms with E-state index in [0.717, 1.165) is 22.8 Å². The van der Waals surface area contributed by atoms with E-state index in [0.29, 0.717) is 71.8 Å². The fraction of sp³-hybridized carbons (Fsp3) is 0.424. The van der Waals surface area contributed by atoms with Crippen LogP contribution in [0.2, 0.25) is 0 Å². The number of halogens is 2. The Morgan fingerprint density at radius 3 is 2.35 bits per heavy atom. The van der Waals surface area contributed by atoms with Gasteiger partial charge in [0, 0.05) is 34.7 Å². The average Bonchev–Trinajstić information content (AvgIpc) is 3.55. The number of carbonyl (C=O) groups excluding carboxylic acids is 1. The van der Waals surface area contributed by atoms with Crippen LogP contribution in [0.1, 0.15) is 65.5 Å². The van der Waals surface area contributed by atoms with E-state index < -0.39 is 27.6 Å². The van der Waals surface area contributed by atoms with Gasteiger partial charge in [-0.2, -0.15) is 0 Å². The Morgan fingerprint density at radius 1 is 0.930 bits per heavy atom. The van der Waals surface area contributed by atoms with Crippen LogP contribution in [0.5, 0.6) is 17.2 Å². The van der Waals surface area contributed by atoms with Crippen molar-refractivity contribution < 1.29 is 40.9 Å². The molecule has 0 spiro atoms. The summed E-state index contributed by atoms with van der Waals surface area (Å²) < 4.78 is 77.4. The first-order chi connectivity index (χ1) is 20.5. The van der Waals surface area contributed by atoms with Crippen molar-refractivity contribution in [2.24, 2.45) is 0 Å². The highest BCUT2D eigenvalue weighted by molar-refractivity contribution is 7.91. The third kappa shape index (κ3) is 5.81. The Kier molecular flexibility index (Phi) is 7.83. The normalized spacial score (nSPS) is 20.7. The van der Waals surface area contributed by atoms with Crippen LogP contribution in [-0.4, -0.2) is 45.7 Å². The number of rotatable bonds is 7. The number of benzene rings is 3. The molecule has 2 heterocycles. The highest BCUT2D eigenvalue weighted by Crippen LogP contribution is 2.46.